The fraction of sp³-hybridized carbons (Fsp3) is 0.385. The second kappa shape index (κ2) is 2.41. The Hall–Kier alpha value is -1.24. The molecule has 0 fully saturated rings. The van der Waals surface area contributed by atoms with Gasteiger partial charge in [-0.3, -0.25) is 0 Å². The number of benzene rings is 1. The average Bonchev–Trinajstić information content (AvgIpc) is 2.65. The number of hydrogen-bond acceptors (Lipinski definition) is 0. The van der Waals surface area contributed by atoms with Crippen LogP contribution in [0, 0.1) is 0 Å². The van der Waals surface area contributed by atoms with Crippen LogP contribution >= 0.6 is 0 Å². The van der Waals surface area contributed by atoms with Gasteiger partial charge >= 0.3 is 0 Å². The quantitative estimate of drug-likeness (QED) is 0.593. The maximum Gasteiger partial charge on any atom is 0.0482 e. The molecule has 0 unspecified atom stereocenters. The SMILES string of the molecule is CC1(C)CCn2c1cc1ccccc12. The summed E-state index contributed by atoms with van der Waals surface area (Å²) in [6, 6.07) is 11.0. The van der Waals surface area contributed by atoms with E-state index in [1.165, 1.54) is 29.6 Å². The lowest BCUT2D eigenvalue weighted by Crippen LogP contribution is -2.11. The van der Waals surface area contributed by atoms with Crippen LogP contribution in [0.3, 0.4) is 0 Å². The average molecular weight is 185 g/mol. The van der Waals surface area contributed by atoms with Crippen molar-refractivity contribution in [2.45, 2.75) is 32.2 Å². The Kier molecular flexibility index (Phi) is 1.40. The van der Waals surface area contributed by atoms with Crippen molar-refractivity contribution in [3.63, 3.8) is 0 Å². The standard InChI is InChI=1S/C13H15N/c1-13(2)7-8-14-11-6-4-3-5-10(11)9-12(13)14/h3-6,9H,7-8H2,1-2H3. The Morgan fingerprint density at radius 2 is 2.00 bits per heavy atom. The van der Waals surface area contributed by atoms with Crippen LogP contribution in [-0.4, -0.2) is 4.57 Å². The Labute approximate surface area is 84.4 Å². The lowest BCUT2D eigenvalue weighted by atomic mass is 9.88. The van der Waals surface area contributed by atoms with Gasteiger partial charge in [0.1, 0.15) is 0 Å². The summed E-state index contributed by atoms with van der Waals surface area (Å²) in [7, 11) is 0. The molecule has 72 valence electrons. The van der Waals surface area contributed by atoms with E-state index in [1.54, 1.807) is 0 Å². The van der Waals surface area contributed by atoms with E-state index in [0.29, 0.717) is 5.41 Å². The first-order valence-electron chi connectivity index (χ1n) is 5.27. The molecule has 0 atom stereocenters. The van der Waals surface area contributed by atoms with Crippen molar-refractivity contribution < 1.29 is 0 Å². The minimum atomic E-state index is 0.360. The van der Waals surface area contributed by atoms with Crippen LogP contribution in [0.1, 0.15) is 26.0 Å². The van der Waals surface area contributed by atoms with Crippen molar-refractivity contribution >= 4 is 10.9 Å². The number of rotatable bonds is 0. The number of aromatic nitrogens is 1. The lowest BCUT2D eigenvalue weighted by molar-refractivity contribution is 0.521. The molecule has 0 bridgehead atoms. The normalized spacial score (nSPS) is 18.7. The fourth-order valence-electron chi connectivity index (χ4n) is 2.53. The second-order valence-corrected chi connectivity index (χ2v) is 4.87. The molecule has 0 radical (unpaired) electrons. The molecule has 2 heterocycles. The van der Waals surface area contributed by atoms with Crippen LogP contribution in [0.15, 0.2) is 30.3 Å². The number of fused-ring (bicyclic) bond motifs is 3. The van der Waals surface area contributed by atoms with Gasteiger partial charge in [-0.05, 0) is 23.9 Å². The fourth-order valence-corrected chi connectivity index (χ4v) is 2.53. The van der Waals surface area contributed by atoms with Gasteiger partial charge in [0.25, 0.3) is 0 Å². The first-order chi connectivity index (χ1) is 6.68. The third-order valence-corrected chi connectivity index (χ3v) is 3.46. The van der Waals surface area contributed by atoms with Crippen molar-refractivity contribution in [2.75, 3.05) is 0 Å². The topological polar surface area (TPSA) is 4.93 Å². The van der Waals surface area contributed by atoms with E-state index in [4.69, 9.17) is 0 Å². The van der Waals surface area contributed by atoms with Crippen LogP contribution in [-0.2, 0) is 12.0 Å². The molecule has 0 aliphatic carbocycles. The van der Waals surface area contributed by atoms with Gasteiger partial charge in [-0.25, -0.2) is 0 Å². The molecule has 1 aromatic carbocycles. The van der Waals surface area contributed by atoms with Gasteiger partial charge in [0.2, 0.25) is 0 Å². The van der Waals surface area contributed by atoms with Crippen molar-refractivity contribution in [1.29, 1.82) is 0 Å². The third-order valence-electron chi connectivity index (χ3n) is 3.46. The molecule has 0 saturated carbocycles. The Morgan fingerprint density at radius 3 is 2.86 bits per heavy atom. The van der Waals surface area contributed by atoms with Crippen LogP contribution in [0.25, 0.3) is 10.9 Å². The highest BCUT2D eigenvalue weighted by Crippen LogP contribution is 2.38. The maximum absolute atomic E-state index is 2.47. The first kappa shape index (κ1) is 8.10. The summed E-state index contributed by atoms with van der Waals surface area (Å²) in [6.07, 6.45) is 1.27. The summed E-state index contributed by atoms with van der Waals surface area (Å²) in [4.78, 5) is 0. The van der Waals surface area contributed by atoms with Crippen LogP contribution in [0.4, 0.5) is 0 Å². The predicted molar refractivity (Wildman–Crippen MR) is 59.6 cm³/mol. The molecule has 1 nitrogen and oxygen atoms in total. The van der Waals surface area contributed by atoms with Crippen molar-refractivity contribution in [1.82, 2.24) is 4.57 Å². The molecule has 3 rings (SSSR count). The molecule has 1 aliphatic rings. The minimum Gasteiger partial charge on any atom is -0.344 e. The highest BCUT2D eigenvalue weighted by atomic mass is 15.0. The maximum atomic E-state index is 2.47. The molecule has 0 spiro atoms. The molecule has 14 heavy (non-hydrogen) atoms. The highest BCUT2D eigenvalue weighted by Gasteiger charge is 2.31. The molecule has 0 N–H and O–H groups in total. The number of hydrogen-bond donors (Lipinski definition) is 0. The zero-order valence-electron chi connectivity index (χ0n) is 8.75. The smallest absolute Gasteiger partial charge is 0.0482 e. The second-order valence-electron chi connectivity index (χ2n) is 4.87. The van der Waals surface area contributed by atoms with Gasteiger partial charge in [0.05, 0.1) is 0 Å². The number of aryl methyl sites for hydroxylation is 1. The Bertz CT molecular complexity index is 491. The zero-order chi connectivity index (χ0) is 9.76. The Morgan fingerprint density at radius 1 is 1.21 bits per heavy atom. The van der Waals surface area contributed by atoms with Gasteiger partial charge in [-0.15, -0.1) is 0 Å². The summed E-state index contributed by atoms with van der Waals surface area (Å²) in [6.45, 7) is 5.85. The summed E-state index contributed by atoms with van der Waals surface area (Å²) >= 11 is 0. The van der Waals surface area contributed by atoms with Crippen LogP contribution < -0.4 is 0 Å². The lowest BCUT2D eigenvalue weighted by Gasteiger charge is -2.15. The van der Waals surface area contributed by atoms with E-state index in [2.05, 4.69) is 48.7 Å². The summed E-state index contributed by atoms with van der Waals surface area (Å²) < 4.78 is 2.47. The molecular formula is C13H15N. The van der Waals surface area contributed by atoms with E-state index in [0.717, 1.165) is 0 Å². The highest BCUT2D eigenvalue weighted by molar-refractivity contribution is 5.82. The number of nitrogens with zero attached hydrogens (tertiary/aromatic N) is 1. The van der Waals surface area contributed by atoms with E-state index in [1.807, 2.05) is 0 Å². The van der Waals surface area contributed by atoms with Crippen molar-refractivity contribution in [3.05, 3.63) is 36.0 Å². The van der Waals surface area contributed by atoms with Gasteiger partial charge in [-0.1, -0.05) is 32.0 Å². The van der Waals surface area contributed by atoms with Crippen molar-refractivity contribution in [3.8, 4) is 0 Å². The van der Waals surface area contributed by atoms with Gasteiger partial charge < -0.3 is 4.57 Å². The Balaban J connectivity index is 2.37. The molecule has 1 aliphatic heterocycles. The summed E-state index contributed by atoms with van der Waals surface area (Å²) in [5.74, 6) is 0. The van der Waals surface area contributed by atoms with E-state index < -0.39 is 0 Å². The van der Waals surface area contributed by atoms with E-state index in [-0.39, 0.29) is 0 Å². The molecular weight excluding hydrogens is 170 g/mol. The molecule has 2 aromatic rings. The molecule has 1 heteroatoms. The third kappa shape index (κ3) is 0.899. The van der Waals surface area contributed by atoms with Crippen LogP contribution in [0.2, 0.25) is 0 Å². The van der Waals surface area contributed by atoms with Gasteiger partial charge in [0, 0.05) is 23.2 Å². The summed E-state index contributed by atoms with van der Waals surface area (Å²) in [5, 5.41) is 1.38. The molecule has 0 saturated heterocycles. The predicted octanol–water partition coefficient (Wildman–Crippen LogP) is 3.32. The monoisotopic (exact) mass is 185 g/mol. The zero-order valence-corrected chi connectivity index (χ0v) is 8.75. The van der Waals surface area contributed by atoms with Crippen molar-refractivity contribution in [2.24, 2.45) is 0 Å². The first-order valence-corrected chi connectivity index (χ1v) is 5.27. The van der Waals surface area contributed by atoms with E-state index in [9.17, 15) is 0 Å². The van der Waals surface area contributed by atoms with E-state index >= 15 is 0 Å². The molecule has 0 amide bonds. The van der Waals surface area contributed by atoms with Crippen LogP contribution in [0.5, 0.6) is 0 Å². The largest absolute Gasteiger partial charge is 0.344 e. The summed E-state index contributed by atoms with van der Waals surface area (Å²) in [5.41, 5.74) is 3.26. The molecule has 1 aromatic heterocycles. The number of para-hydroxylation sites is 1. The minimum absolute atomic E-state index is 0.360. The van der Waals surface area contributed by atoms with Gasteiger partial charge in [-0.2, -0.15) is 0 Å². The van der Waals surface area contributed by atoms with Gasteiger partial charge in [0.15, 0.2) is 0 Å².